The minimum atomic E-state index is -0.688. The minimum Gasteiger partial charge on any atom is -0.496 e. The van der Waals surface area contributed by atoms with E-state index >= 15 is 0 Å². The molecule has 90 valence electrons. The number of methoxy groups -OCH3 is 2. The molecule has 1 aromatic rings. The summed E-state index contributed by atoms with van der Waals surface area (Å²) in [4.78, 5) is 0. The molecule has 3 N–H and O–H groups in total. The zero-order valence-corrected chi connectivity index (χ0v) is 11.0. The molecule has 0 bridgehead atoms. The second kappa shape index (κ2) is 6.20. The molecule has 1 rings (SSSR count). The molecule has 0 amide bonds. The standard InChI is InChI=1S/C11H16BrNO3/c1-15-6-7-3-11(16-2)9(12)4-8(7)10(14)5-13/h3-4,10,14H,5-6,13H2,1-2H3. The molecular formula is C11H16BrNO3. The van der Waals surface area contributed by atoms with Crippen molar-refractivity contribution in [1.82, 2.24) is 0 Å². The first-order chi connectivity index (χ1) is 7.63. The lowest BCUT2D eigenvalue weighted by Gasteiger charge is -2.16. The normalized spacial score (nSPS) is 12.6. The van der Waals surface area contributed by atoms with Gasteiger partial charge >= 0.3 is 0 Å². The first-order valence-electron chi connectivity index (χ1n) is 4.87. The van der Waals surface area contributed by atoms with Crippen LogP contribution in [0.15, 0.2) is 16.6 Å². The van der Waals surface area contributed by atoms with Crippen LogP contribution in [-0.2, 0) is 11.3 Å². The van der Waals surface area contributed by atoms with Crippen LogP contribution in [0.4, 0.5) is 0 Å². The van der Waals surface area contributed by atoms with E-state index in [2.05, 4.69) is 15.9 Å². The number of aliphatic hydroxyl groups is 1. The fourth-order valence-corrected chi connectivity index (χ4v) is 2.01. The smallest absolute Gasteiger partial charge is 0.133 e. The first kappa shape index (κ1) is 13.4. The van der Waals surface area contributed by atoms with E-state index in [1.165, 1.54) is 0 Å². The van der Waals surface area contributed by atoms with Crippen LogP contribution < -0.4 is 10.5 Å². The number of halogens is 1. The maximum Gasteiger partial charge on any atom is 0.133 e. The Bertz CT molecular complexity index is 357. The molecule has 0 aliphatic carbocycles. The van der Waals surface area contributed by atoms with Crippen molar-refractivity contribution < 1.29 is 14.6 Å². The van der Waals surface area contributed by atoms with Gasteiger partial charge in [0.05, 0.1) is 24.3 Å². The highest BCUT2D eigenvalue weighted by atomic mass is 79.9. The molecule has 1 atom stereocenters. The van der Waals surface area contributed by atoms with E-state index < -0.39 is 6.10 Å². The lowest BCUT2D eigenvalue weighted by Crippen LogP contribution is -2.14. The predicted octanol–water partition coefficient (Wildman–Crippen LogP) is 1.60. The Morgan fingerprint density at radius 1 is 1.44 bits per heavy atom. The van der Waals surface area contributed by atoms with Gasteiger partial charge in [0, 0.05) is 13.7 Å². The lowest BCUT2D eigenvalue weighted by molar-refractivity contribution is 0.165. The van der Waals surface area contributed by atoms with Crippen LogP contribution in [0.2, 0.25) is 0 Å². The molecule has 0 spiro atoms. The number of hydrogen-bond donors (Lipinski definition) is 2. The zero-order chi connectivity index (χ0) is 12.1. The summed E-state index contributed by atoms with van der Waals surface area (Å²) in [6.07, 6.45) is -0.688. The maximum absolute atomic E-state index is 9.78. The SMILES string of the molecule is COCc1cc(OC)c(Br)cc1C(O)CN. The van der Waals surface area contributed by atoms with Gasteiger partial charge in [0.15, 0.2) is 0 Å². The highest BCUT2D eigenvalue weighted by Crippen LogP contribution is 2.31. The molecule has 0 saturated heterocycles. The third-order valence-corrected chi connectivity index (χ3v) is 2.92. The molecule has 1 unspecified atom stereocenters. The molecule has 0 aliphatic heterocycles. The first-order valence-corrected chi connectivity index (χ1v) is 5.66. The summed E-state index contributed by atoms with van der Waals surface area (Å²) in [7, 11) is 3.20. The van der Waals surface area contributed by atoms with Gasteiger partial charge in [0.25, 0.3) is 0 Å². The van der Waals surface area contributed by atoms with Crippen LogP contribution in [0.5, 0.6) is 5.75 Å². The molecule has 16 heavy (non-hydrogen) atoms. The van der Waals surface area contributed by atoms with Gasteiger partial charge in [-0.05, 0) is 39.2 Å². The maximum atomic E-state index is 9.78. The van der Waals surface area contributed by atoms with Gasteiger partial charge < -0.3 is 20.3 Å². The van der Waals surface area contributed by atoms with E-state index in [-0.39, 0.29) is 6.54 Å². The molecule has 0 aromatic heterocycles. The molecule has 0 saturated carbocycles. The van der Waals surface area contributed by atoms with E-state index in [1.807, 2.05) is 12.1 Å². The Kier molecular flexibility index (Phi) is 5.21. The number of benzene rings is 1. The van der Waals surface area contributed by atoms with Crippen molar-refractivity contribution in [3.05, 3.63) is 27.7 Å². The third kappa shape index (κ3) is 2.95. The molecule has 1 aromatic carbocycles. The average Bonchev–Trinajstić information content (AvgIpc) is 2.30. The highest BCUT2D eigenvalue weighted by Gasteiger charge is 2.14. The van der Waals surface area contributed by atoms with Crippen LogP contribution in [-0.4, -0.2) is 25.9 Å². The summed E-state index contributed by atoms with van der Waals surface area (Å²) in [5, 5.41) is 9.78. The summed E-state index contributed by atoms with van der Waals surface area (Å²) >= 11 is 3.37. The monoisotopic (exact) mass is 289 g/mol. The van der Waals surface area contributed by atoms with E-state index in [0.717, 1.165) is 15.6 Å². The molecular weight excluding hydrogens is 274 g/mol. The molecule has 0 aliphatic rings. The molecule has 0 fully saturated rings. The van der Waals surface area contributed by atoms with Crippen LogP contribution in [0.25, 0.3) is 0 Å². The Labute approximate surface area is 103 Å². The number of hydrogen-bond acceptors (Lipinski definition) is 4. The second-order valence-electron chi connectivity index (χ2n) is 3.37. The fraction of sp³-hybridized carbons (Fsp3) is 0.455. The van der Waals surface area contributed by atoms with E-state index in [1.54, 1.807) is 14.2 Å². The summed E-state index contributed by atoms with van der Waals surface area (Å²) in [6, 6.07) is 3.65. The highest BCUT2D eigenvalue weighted by molar-refractivity contribution is 9.10. The van der Waals surface area contributed by atoms with Gasteiger partial charge in [-0.2, -0.15) is 0 Å². The van der Waals surface area contributed by atoms with Crippen LogP contribution >= 0.6 is 15.9 Å². The quantitative estimate of drug-likeness (QED) is 0.864. The van der Waals surface area contributed by atoms with Gasteiger partial charge in [-0.15, -0.1) is 0 Å². The van der Waals surface area contributed by atoms with E-state index in [0.29, 0.717) is 12.4 Å². The summed E-state index contributed by atoms with van der Waals surface area (Å²) in [5.74, 6) is 0.708. The molecule has 4 nitrogen and oxygen atoms in total. The Morgan fingerprint density at radius 2 is 2.12 bits per heavy atom. The number of rotatable bonds is 5. The van der Waals surface area contributed by atoms with Crippen LogP contribution in [0.1, 0.15) is 17.2 Å². The van der Waals surface area contributed by atoms with Crippen molar-refractivity contribution in [2.75, 3.05) is 20.8 Å². The van der Waals surface area contributed by atoms with Gasteiger partial charge in [0.2, 0.25) is 0 Å². The molecule has 5 heteroatoms. The summed E-state index contributed by atoms with van der Waals surface area (Å²) in [5.41, 5.74) is 7.09. The summed E-state index contributed by atoms with van der Waals surface area (Å²) < 4.78 is 11.1. The lowest BCUT2D eigenvalue weighted by atomic mass is 10.0. The Morgan fingerprint density at radius 3 is 2.62 bits per heavy atom. The largest absolute Gasteiger partial charge is 0.496 e. The Hall–Kier alpha value is -0.620. The average molecular weight is 290 g/mol. The predicted molar refractivity (Wildman–Crippen MR) is 65.4 cm³/mol. The number of ether oxygens (including phenoxy) is 2. The second-order valence-corrected chi connectivity index (χ2v) is 4.22. The van der Waals surface area contributed by atoms with Crippen molar-refractivity contribution in [3.8, 4) is 5.75 Å². The van der Waals surface area contributed by atoms with Crippen molar-refractivity contribution in [2.24, 2.45) is 5.73 Å². The van der Waals surface area contributed by atoms with Gasteiger partial charge in [0.1, 0.15) is 5.75 Å². The van der Waals surface area contributed by atoms with Gasteiger partial charge in [-0.3, -0.25) is 0 Å². The van der Waals surface area contributed by atoms with Gasteiger partial charge in [-0.25, -0.2) is 0 Å². The molecule has 0 radical (unpaired) electrons. The Balaban J connectivity index is 3.18. The molecule has 0 heterocycles. The topological polar surface area (TPSA) is 64.7 Å². The van der Waals surface area contributed by atoms with E-state index in [4.69, 9.17) is 15.2 Å². The van der Waals surface area contributed by atoms with Crippen molar-refractivity contribution >= 4 is 15.9 Å². The van der Waals surface area contributed by atoms with Crippen molar-refractivity contribution in [2.45, 2.75) is 12.7 Å². The number of nitrogens with two attached hydrogens (primary N) is 1. The van der Waals surface area contributed by atoms with Crippen molar-refractivity contribution in [3.63, 3.8) is 0 Å². The zero-order valence-electron chi connectivity index (χ0n) is 9.37. The third-order valence-electron chi connectivity index (χ3n) is 2.30. The number of aliphatic hydroxyl groups excluding tert-OH is 1. The fourth-order valence-electron chi connectivity index (χ4n) is 1.48. The van der Waals surface area contributed by atoms with Crippen LogP contribution in [0.3, 0.4) is 0 Å². The summed E-state index contributed by atoms with van der Waals surface area (Å²) in [6.45, 7) is 0.589. The van der Waals surface area contributed by atoms with Crippen molar-refractivity contribution in [1.29, 1.82) is 0 Å². The van der Waals surface area contributed by atoms with Crippen LogP contribution in [0, 0.1) is 0 Å². The minimum absolute atomic E-state index is 0.176. The van der Waals surface area contributed by atoms with Gasteiger partial charge in [-0.1, -0.05) is 0 Å². The van der Waals surface area contributed by atoms with E-state index in [9.17, 15) is 5.11 Å².